The molecule has 1 aliphatic carbocycles. The first-order valence-corrected chi connectivity index (χ1v) is 7.16. The summed E-state index contributed by atoms with van der Waals surface area (Å²) in [5, 5.41) is 11.5. The van der Waals surface area contributed by atoms with E-state index in [0.29, 0.717) is 6.54 Å². The summed E-state index contributed by atoms with van der Waals surface area (Å²) < 4.78 is 0. The molecule has 108 valence electrons. The van der Waals surface area contributed by atoms with Crippen LogP contribution in [0.15, 0.2) is 30.3 Å². The van der Waals surface area contributed by atoms with Crippen molar-refractivity contribution in [3.8, 4) is 0 Å². The lowest BCUT2D eigenvalue weighted by atomic mass is 9.79. The summed E-state index contributed by atoms with van der Waals surface area (Å²) >= 11 is 0. The Kier molecular flexibility index (Phi) is 4.77. The average Bonchev–Trinajstić information content (AvgIpc) is 2.94. The van der Waals surface area contributed by atoms with Gasteiger partial charge in [-0.2, -0.15) is 0 Å². The van der Waals surface area contributed by atoms with Crippen molar-refractivity contribution in [2.75, 3.05) is 6.54 Å². The molecule has 0 bridgehead atoms. The lowest BCUT2D eigenvalue weighted by molar-refractivity contribution is -0.138. The summed E-state index contributed by atoms with van der Waals surface area (Å²) in [7, 11) is 0. The van der Waals surface area contributed by atoms with Gasteiger partial charge in [0.05, 0.1) is 6.42 Å². The first-order valence-electron chi connectivity index (χ1n) is 7.16. The Bertz CT molecular complexity index is 464. The monoisotopic (exact) mass is 275 g/mol. The van der Waals surface area contributed by atoms with Crippen LogP contribution in [0.25, 0.3) is 0 Å². The Labute approximate surface area is 119 Å². The molecule has 2 rings (SSSR count). The van der Waals surface area contributed by atoms with Gasteiger partial charge in [0.25, 0.3) is 0 Å². The predicted octanol–water partition coefficient (Wildman–Crippen LogP) is 2.48. The summed E-state index contributed by atoms with van der Waals surface area (Å²) in [6.45, 7) is 0.607. The maximum absolute atomic E-state index is 11.7. The number of aliphatic carboxylic acids is 1. The standard InChI is InChI=1S/C16H21NO3/c18-14(8-9-15(19)20)17-12-16(10-4-5-11-16)13-6-2-1-3-7-13/h1-3,6-7H,4-5,8-12H2,(H,17,18)(H,19,20). The van der Waals surface area contributed by atoms with Gasteiger partial charge < -0.3 is 10.4 Å². The number of carbonyl (C=O) groups is 2. The molecular weight excluding hydrogens is 254 g/mol. The van der Waals surface area contributed by atoms with Crippen LogP contribution in [0.1, 0.15) is 44.1 Å². The molecule has 0 aliphatic heterocycles. The van der Waals surface area contributed by atoms with Gasteiger partial charge >= 0.3 is 5.97 Å². The zero-order valence-electron chi connectivity index (χ0n) is 11.6. The minimum atomic E-state index is -0.932. The third kappa shape index (κ3) is 3.59. The van der Waals surface area contributed by atoms with Crippen LogP contribution in [-0.4, -0.2) is 23.5 Å². The molecule has 4 nitrogen and oxygen atoms in total. The summed E-state index contributed by atoms with van der Waals surface area (Å²) in [5.41, 5.74) is 1.30. The Balaban J connectivity index is 1.97. The second kappa shape index (κ2) is 6.55. The molecule has 0 spiro atoms. The van der Waals surface area contributed by atoms with Gasteiger partial charge in [-0.25, -0.2) is 0 Å². The fraction of sp³-hybridized carbons (Fsp3) is 0.500. The Morgan fingerprint density at radius 1 is 1.10 bits per heavy atom. The molecule has 0 aromatic heterocycles. The highest BCUT2D eigenvalue weighted by atomic mass is 16.4. The average molecular weight is 275 g/mol. The fourth-order valence-corrected chi connectivity index (χ4v) is 2.99. The molecule has 4 heteroatoms. The first-order chi connectivity index (χ1) is 9.62. The SMILES string of the molecule is O=C(O)CCC(=O)NCC1(c2ccccc2)CCCC1. The number of benzene rings is 1. The number of hydrogen-bond acceptors (Lipinski definition) is 2. The summed E-state index contributed by atoms with van der Waals surface area (Å²) in [4.78, 5) is 22.2. The first kappa shape index (κ1) is 14.6. The van der Waals surface area contributed by atoms with Gasteiger partial charge in [-0.3, -0.25) is 9.59 Å². The Hall–Kier alpha value is -1.84. The van der Waals surface area contributed by atoms with Crippen molar-refractivity contribution in [1.82, 2.24) is 5.32 Å². The molecule has 0 heterocycles. The van der Waals surface area contributed by atoms with Crippen LogP contribution in [0.2, 0.25) is 0 Å². The molecule has 1 amide bonds. The third-order valence-electron chi connectivity index (χ3n) is 4.14. The Morgan fingerprint density at radius 3 is 2.35 bits per heavy atom. The summed E-state index contributed by atoms with van der Waals surface area (Å²) in [6, 6.07) is 10.3. The van der Waals surface area contributed by atoms with Gasteiger partial charge in [-0.05, 0) is 18.4 Å². The highest BCUT2D eigenvalue weighted by molar-refractivity contribution is 5.80. The van der Waals surface area contributed by atoms with Gasteiger partial charge in [0.1, 0.15) is 0 Å². The van der Waals surface area contributed by atoms with Crippen LogP contribution < -0.4 is 5.32 Å². The van der Waals surface area contributed by atoms with Gasteiger partial charge in [-0.15, -0.1) is 0 Å². The third-order valence-corrected chi connectivity index (χ3v) is 4.14. The summed E-state index contributed by atoms with van der Waals surface area (Å²) in [6.07, 6.45) is 4.47. The maximum atomic E-state index is 11.7. The van der Waals surface area contributed by atoms with Crippen molar-refractivity contribution < 1.29 is 14.7 Å². The van der Waals surface area contributed by atoms with E-state index < -0.39 is 5.97 Å². The molecule has 0 saturated heterocycles. The zero-order valence-corrected chi connectivity index (χ0v) is 11.6. The Morgan fingerprint density at radius 2 is 1.75 bits per heavy atom. The number of amides is 1. The van der Waals surface area contributed by atoms with Gasteiger partial charge in [0, 0.05) is 18.4 Å². The number of nitrogens with one attached hydrogen (secondary N) is 1. The predicted molar refractivity (Wildman–Crippen MR) is 76.5 cm³/mol. The van der Waals surface area contributed by atoms with E-state index >= 15 is 0 Å². The number of carboxylic acid groups (broad SMARTS) is 1. The maximum Gasteiger partial charge on any atom is 0.303 e. The number of hydrogen-bond donors (Lipinski definition) is 2. The summed E-state index contributed by atoms with van der Waals surface area (Å²) in [5.74, 6) is -1.10. The molecular formula is C16H21NO3. The minimum absolute atomic E-state index is 0.0279. The molecule has 1 saturated carbocycles. The van der Waals surface area contributed by atoms with Crippen LogP contribution >= 0.6 is 0 Å². The number of carbonyl (C=O) groups excluding carboxylic acids is 1. The molecule has 1 aliphatic rings. The smallest absolute Gasteiger partial charge is 0.303 e. The second-order valence-electron chi connectivity index (χ2n) is 5.52. The molecule has 1 fully saturated rings. The van der Waals surface area contributed by atoms with Crippen LogP contribution in [0, 0.1) is 0 Å². The van der Waals surface area contributed by atoms with Crippen molar-refractivity contribution in [3.05, 3.63) is 35.9 Å². The molecule has 0 radical (unpaired) electrons. The quantitative estimate of drug-likeness (QED) is 0.838. The van der Waals surface area contributed by atoms with Crippen molar-refractivity contribution in [1.29, 1.82) is 0 Å². The van der Waals surface area contributed by atoms with Crippen LogP contribution in [0.3, 0.4) is 0 Å². The van der Waals surface area contributed by atoms with E-state index in [0.717, 1.165) is 12.8 Å². The van der Waals surface area contributed by atoms with E-state index in [-0.39, 0.29) is 24.2 Å². The largest absolute Gasteiger partial charge is 0.481 e. The van der Waals surface area contributed by atoms with E-state index in [1.54, 1.807) is 0 Å². The molecule has 0 atom stereocenters. The number of carboxylic acids is 1. The van der Waals surface area contributed by atoms with Crippen LogP contribution in [-0.2, 0) is 15.0 Å². The minimum Gasteiger partial charge on any atom is -0.481 e. The molecule has 1 aromatic carbocycles. The normalized spacial score (nSPS) is 16.8. The number of rotatable bonds is 6. The van der Waals surface area contributed by atoms with Gasteiger partial charge in [0.2, 0.25) is 5.91 Å². The molecule has 1 aromatic rings. The van der Waals surface area contributed by atoms with E-state index in [1.165, 1.54) is 18.4 Å². The lowest BCUT2D eigenvalue weighted by Crippen LogP contribution is -2.39. The molecule has 20 heavy (non-hydrogen) atoms. The highest BCUT2D eigenvalue weighted by Gasteiger charge is 2.35. The highest BCUT2D eigenvalue weighted by Crippen LogP contribution is 2.40. The van der Waals surface area contributed by atoms with Crippen molar-refractivity contribution in [2.24, 2.45) is 0 Å². The lowest BCUT2D eigenvalue weighted by Gasteiger charge is -2.30. The van der Waals surface area contributed by atoms with E-state index in [1.807, 2.05) is 18.2 Å². The van der Waals surface area contributed by atoms with Crippen LogP contribution in [0.4, 0.5) is 0 Å². The zero-order chi connectivity index (χ0) is 14.4. The van der Waals surface area contributed by atoms with E-state index in [2.05, 4.69) is 17.4 Å². The van der Waals surface area contributed by atoms with Gasteiger partial charge in [0.15, 0.2) is 0 Å². The molecule has 2 N–H and O–H groups in total. The second-order valence-corrected chi connectivity index (χ2v) is 5.52. The topological polar surface area (TPSA) is 66.4 Å². The van der Waals surface area contributed by atoms with Crippen molar-refractivity contribution in [3.63, 3.8) is 0 Å². The molecule has 0 unspecified atom stereocenters. The van der Waals surface area contributed by atoms with E-state index in [9.17, 15) is 9.59 Å². The van der Waals surface area contributed by atoms with Crippen molar-refractivity contribution in [2.45, 2.75) is 43.9 Å². The van der Waals surface area contributed by atoms with Crippen molar-refractivity contribution >= 4 is 11.9 Å². The van der Waals surface area contributed by atoms with E-state index in [4.69, 9.17) is 5.11 Å². The van der Waals surface area contributed by atoms with Crippen LogP contribution in [0.5, 0.6) is 0 Å². The van der Waals surface area contributed by atoms with Gasteiger partial charge in [-0.1, -0.05) is 43.2 Å². The fourth-order valence-electron chi connectivity index (χ4n) is 2.99.